The minimum Gasteiger partial charge on any atom is -0.350 e. The third kappa shape index (κ3) is 5.80. The summed E-state index contributed by atoms with van der Waals surface area (Å²) in [6.45, 7) is 0.0875. The lowest BCUT2D eigenvalue weighted by molar-refractivity contribution is -0.120. The standard InChI is InChI=1S/C22H20N4O2S/c23-10-11-24-22(28)20(29-15-16-6-2-1-3-7-16)14-26-21(27)18-12-17-8-4-5-9-19(17)25-13-18/h1-9,12-13,20H,11,14-15H2,(H,24,28)(H,26,27). The van der Waals surface area contributed by atoms with E-state index in [0.717, 1.165) is 16.5 Å². The molecule has 1 aromatic heterocycles. The van der Waals surface area contributed by atoms with Crippen molar-refractivity contribution in [2.24, 2.45) is 0 Å². The number of para-hydroxylation sites is 1. The van der Waals surface area contributed by atoms with Gasteiger partial charge in [0.2, 0.25) is 5.91 Å². The number of nitriles is 1. The van der Waals surface area contributed by atoms with Crippen molar-refractivity contribution in [2.75, 3.05) is 13.1 Å². The molecule has 2 N–H and O–H groups in total. The Bertz CT molecular complexity index is 1030. The molecule has 3 rings (SSSR count). The molecule has 0 saturated carbocycles. The summed E-state index contributed by atoms with van der Waals surface area (Å²) in [6.07, 6.45) is 1.53. The largest absolute Gasteiger partial charge is 0.350 e. The molecule has 0 radical (unpaired) electrons. The highest BCUT2D eigenvalue weighted by Gasteiger charge is 2.20. The van der Waals surface area contributed by atoms with Gasteiger partial charge in [0.05, 0.1) is 17.1 Å². The van der Waals surface area contributed by atoms with E-state index in [9.17, 15) is 9.59 Å². The number of hydrogen-bond acceptors (Lipinski definition) is 5. The van der Waals surface area contributed by atoms with Gasteiger partial charge < -0.3 is 10.6 Å². The maximum Gasteiger partial charge on any atom is 0.252 e. The van der Waals surface area contributed by atoms with Crippen LogP contribution in [0.2, 0.25) is 0 Å². The number of amides is 2. The lowest BCUT2D eigenvalue weighted by atomic mass is 10.1. The molecule has 3 aromatic rings. The van der Waals surface area contributed by atoms with Crippen molar-refractivity contribution in [3.8, 4) is 6.07 Å². The molecular formula is C22H20N4O2S. The van der Waals surface area contributed by atoms with Gasteiger partial charge in [-0.1, -0.05) is 48.5 Å². The van der Waals surface area contributed by atoms with Gasteiger partial charge in [-0.25, -0.2) is 0 Å². The second-order valence-corrected chi connectivity index (χ2v) is 7.48. The molecule has 1 unspecified atom stereocenters. The highest BCUT2D eigenvalue weighted by Crippen LogP contribution is 2.18. The maximum absolute atomic E-state index is 12.6. The van der Waals surface area contributed by atoms with Crippen LogP contribution >= 0.6 is 11.8 Å². The first-order chi connectivity index (χ1) is 14.2. The van der Waals surface area contributed by atoms with Crippen molar-refractivity contribution in [2.45, 2.75) is 11.0 Å². The predicted molar refractivity (Wildman–Crippen MR) is 114 cm³/mol. The van der Waals surface area contributed by atoms with E-state index < -0.39 is 5.25 Å². The minimum absolute atomic E-state index is 0.0657. The van der Waals surface area contributed by atoms with Crippen LogP contribution in [0.15, 0.2) is 66.9 Å². The molecule has 1 heterocycles. The van der Waals surface area contributed by atoms with Crippen LogP contribution in [-0.4, -0.2) is 35.1 Å². The molecule has 146 valence electrons. The van der Waals surface area contributed by atoms with Gasteiger partial charge in [0.1, 0.15) is 11.8 Å². The molecular weight excluding hydrogens is 384 g/mol. The number of benzene rings is 2. The highest BCUT2D eigenvalue weighted by atomic mass is 32.2. The number of aromatic nitrogens is 1. The number of fused-ring (bicyclic) bond motifs is 1. The van der Waals surface area contributed by atoms with Crippen LogP contribution in [0.3, 0.4) is 0 Å². The fourth-order valence-corrected chi connectivity index (χ4v) is 3.74. The van der Waals surface area contributed by atoms with Gasteiger partial charge in [-0.2, -0.15) is 5.26 Å². The van der Waals surface area contributed by atoms with Crippen LogP contribution in [0.5, 0.6) is 0 Å². The summed E-state index contributed by atoms with van der Waals surface area (Å²) in [4.78, 5) is 29.3. The van der Waals surface area contributed by atoms with Crippen molar-refractivity contribution >= 4 is 34.5 Å². The van der Waals surface area contributed by atoms with Crippen molar-refractivity contribution in [1.82, 2.24) is 15.6 Å². The molecule has 0 aliphatic carbocycles. The van der Waals surface area contributed by atoms with E-state index in [1.165, 1.54) is 18.0 Å². The molecule has 0 fully saturated rings. The van der Waals surface area contributed by atoms with Crippen molar-refractivity contribution in [3.05, 3.63) is 78.0 Å². The monoisotopic (exact) mass is 404 g/mol. The van der Waals surface area contributed by atoms with Crippen LogP contribution < -0.4 is 10.6 Å². The second kappa shape index (κ2) is 10.2. The normalized spacial score (nSPS) is 11.4. The smallest absolute Gasteiger partial charge is 0.252 e. The fraction of sp³-hybridized carbons (Fsp3) is 0.182. The average Bonchev–Trinajstić information content (AvgIpc) is 2.77. The third-order valence-electron chi connectivity index (χ3n) is 4.23. The van der Waals surface area contributed by atoms with E-state index in [1.54, 1.807) is 6.07 Å². The Balaban J connectivity index is 1.64. The molecule has 0 aliphatic heterocycles. The Hall–Kier alpha value is -3.37. The van der Waals surface area contributed by atoms with Gasteiger partial charge in [0, 0.05) is 23.9 Å². The first-order valence-electron chi connectivity index (χ1n) is 9.10. The van der Waals surface area contributed by atoms with E-state index in [-0.39, 0.29) is 24.9 Å². The predicted octanol–water partition coefficient (Wildman–Crippen LogP) is 2.91. The number of nitrogens with zero attached hydrogens (tertiary/aromatic N) is 2. The molecule has 6 nitrogen and oxygen atoms in total. The first kappa shape index (κ1) is 20.4. The van der Waals surface area contributed by atoms with Crippen molar-refractivity contribution < 1.29 is 9.59 Å². The van der Waals surface area contributed by atoms with Crippen LogP contribution in [0.25, 0.3) is 10.9 Å². The molecule has 0 bridgehead atoms. The molecule has 7 heteroatoms. The Morgan fingerprint density at radius 2 is 1.83 bits per heavy atom. The van der Waals surface area contributed by atoms with Crippen LogP contribution in [-0.2, 0) is 10.5 Å². The van der Waals surface area contributed by atoms with E-state index >= 15 is 0 Å². The summed E-state index contributed by atoms with van der Waals surface area (Å²) in [6, 6.07) is 21.0. The molecule has 0 spiro atoms. The molecule has 29 heavy (non-hydrogen) atoms. The molecule has 0 saturated heterocycles. The number of hydrogen-bond donors (Lipinski definition) is 2. The lowest BCUT2D eigenvalue weighted by Gasteiger charge is -2.16. The fourth-order valence-electron chi connectivity index (χ4n) is 2.72. The average molecular weight is 404 g/mol. The molecule has 0 aliphatic rings. The number of thioether (sulfide) groups is 1. The third-order valence-corrected chi connectivity index (χ3v) is 5.51. The van der Waals surface area contributed by atoms with E-state index in [1.807, 2.05) is 60.7 Å². The summed E-state index contributed by atoms with van der Waals surface area (Å²) >= 11 is 1.42. The van der Waals surface area contributed by atoms with Crippen molar-refractivity contribution in [3.63, 3.8) is 0 Å². The van der Waals surface area contributed by atoms with Crippen LogP contribution in [0, 0.1) is 11.3 Å². The SMILES string of the molecule is N#CCNC(=O)C(CNC(=O)c1cnc2ccccc2c1)SCc1ccccc1. The number of carbonyl (C=O) groups excluding carboxylic acids is 2. The van der Waals surface area contributed by atoms with E-state index in [2.05, 4.69) is 15.6 Å². The Morgan fingerprint density at radius 1 is 1.07 bits per heavy atom. The molecule has 2 amide bonds. The maximum atomic E-state index is 12.6. The van der Waals surface area contributed by atoms with Gasteiger partial charge >= 0.3 is 0 Å². The summed E-state index contributed by atoms with van der Waals surface area (Å²) in [5, 5.41) is 14.5. The van der Waals surface area contributed by atoms with Gasteiger partial charge in [-0.05, 0) is 17.7 Å². The second-order valence-electron chi connectivity index (χ2n) is 6.29. The molecule has 1 atom stereocenters. The number of nitrogens with one attached hydrogen (secondary N) is 2. The quantitative estimate of drug-likeness (QED) is 0.563. The van der Waals surface area contributed by atoms with Gasteiger partial charge in [-0.15, -0.1) is 11.8 Å². The van der Waals surface area contributed by atoms with E-state index in [4.69, 9.17) is 5.26 Å². The Labute approximate surface area is 173 Å². The van der Waals surface area contributed by atoms with Gasteiger partial charge in [0.25, 0.3) is 5.91 Å². The summed E-state index contributed by atoms with van der Waals surface area (Å²) in [7, 11) is 0. The zero-order valence-corrected chi connectivity index (χ0v) is 16.5. The van der Waals surface area contributed by atoms with Gasteiger partial charge in [-0.3, -0.25) is 14.6 Å². The zero-order valence-electron chi connectivity index (χ0n) is 15.7. The highest BCUT2D eigenvalue weighted by molar-refractivity contribution is 7.99. The number of carbonyl (C=O) groups is 2. The Morgan fingerprint density at radius 3 is 2.62 bits per heavy atom. The lowest BCUT2D eigenvalue weighted by Crippen LogP contribution is -2.41. The summed E-state index contributed by atoms with van der Waals surface area (Å²) in [5.74, 6) is 0.0601. The van der Waals surface area contributed by atoms with Crippen LogP contribution in [0.4, 0.5) is 0 Å². The molecule has 2 aromatic carbocycles. The van der Waals surface area contributed by atoms with Crippen molar-refractivity contribution in [1.29, 1.82) is 5.26 Å². The first-order valence-corrected chi connectivity index (χ1v) is 10.2. The topological polar surface area (TPSA) is 94.9 Å². The van der Waals surface area contributed by atoms with Crippen LogP contribution in [0.1, 0.15) is 15.9 Å². The minimum atomic E-state index is -0.513. The number of rotatable bonds is 8. The number of pyridine rings is 1. The van der Waals surface area contributed by atoms with E-state index in [0.29, 0.717) is 11.3 Å². The summed E-state index contributed by atoms with van der Waals surface area (Å²) in [5.41, 5.74) is 2.34. The zero-order chi connectivity index (χ0) is 20.5. The summed E-state index contributed by atoms with van der Waals surface area (Å²) < 4.78 is 0. The van der Waals surface area contributed by atoms with Gasteiger partial charge in [0.15, 0.2) is 0 Å². The Kier molecular flexibility index (Phi) is 7.20.